The first-order valence-electron chi connectivity index (χ1n) is 9.21. The smallest absolute Gasteiger partial charge is 0.289 e. The van der Waals surface area contributed by atoms with Crippen molar-refractivity contribution in [1.29, 1.82) is 0 Å². The number of nitrogens with one attached hydrogen (secondary N) is 1. The van der Waals surface area contributed by atoms with E-state index in [1.807, 2.05) is 38.1 Å². The molecule has 7 nitrogen and oxygen atoms in total. The van der Waals surface area contributed by atoms with Crippen LogP contribution in [0.15, 0.2) is 51.6 Å². The number of hydrogen-bond donors (Lipinski definition) is 1. The lowest BCUT2D eigenvalue weighted by Crippen LogP contribution is -2.40. The highest BCUT2D eigenvalue weighted by atomic mass is 79.9. The summed E-state index contributed by atoms with van der Waals surface area (Å²) in [7, 11) is 0. The quantitative estimate of drug-likeness (QED) is 0.502. The molecule has 0 aliphatic heterocycles. The fraction of sp³-hybridized carbons (Fsp3) is 0.300. The van der Waals surface area contributed by atoms with Crippen LogP contribution in [0.2, 0.25) is 0 Å². The summed E-state index contributed by atoms with van der Waals surface area (Å²) in [5.74, 6) is -0.163. The Morgan fingerprint density at radius 3 is 2.66 bits per heavy atom. The van der Waals surface area contributed by atoms with Crippen LogP contribution >= 0.6 is 27.3 Å². The van der Waals surface area contributed by atoms with Crippen LogP contribution in [-0.2, 0) is 4.79 Å². The summed E-state index contributed by atoms with van der Waals surface area (Å²) in [6.45, 7) is 4.24. The van der Waals surface area contributed by atoms with Gasteiger partial charge in [-0.05, 0) is 37.6 Å². The first kappa shape index (κ1) is 21.2. The Morgan fingerprint density at radius 2 is 2.00 bits per heavy atom. The van der Waals surface area contributed by atoms with E-state index < -0.39 is 0 Å². The minimum atomic E-state index is -0.218. The van der Waals surface area contributed by atoms with Crippen molar-refractivity contribution in [1.82, 2.24) is 15.1 Å². The molecule has 3 rings (SSSR count). The molecular formula is C20H21BrN4O3S. The van der Waals surface area contributed by atoms with Gasteiger partial charge in [0.1, 0.15) is 5.01 Å². The second kappa shape index (κ2) is 9.80. The molecular weight excluding hydrogens is 456 g/mol. The molecule has 0 saturated carbocycles. The van der Waals surface area contributed by atoms with Gasteiger partial charge in [0.15, 0.2) is 5.76 Å². The Morgan fingerprint density at radius 1 is 1.24 bits per heavy atom. The van der Waals surface area contributed by atoms with Crippen LogP contribution in [0.5, 0.6) is 0 Å². The molecule has 9 heteroatoms. The van der Waals surface area contributed by atoms with E-state index in [-0.39, 0.29) is 30.0 Å². The largest absolute Gasteiger partial charge is 0.459 e. The second-order valence-electron chi connectivity index (χ2n) is 6.45. The van der Waals surface area contributed by atoms with Gasteiger partial charge in [0.25, 0.3) is 5.91 Å². The predicted molar refractivity (Wildman–Crippen MR) is 116 cm³/mol. The van der Waals surface area contributed by atoms with Gasteiger partial charge in [-0.2, -0.15) is 0 Å². The van der Waals surface area contributed by atoms with E-state index in [1.54, 1.807) is 17.0 Å². The average Bonchev–Trinajstić information content (AvgIpc) is 3.40. The van der Waals surface area contributed by atoms with Gasteiger partial charge in [0.05, 0.1) is 6.26 Å². The van der Waals surface area contributed by atoms with Gasteiger partial charge in [0.2, 0.25) is 11.0 Å². The number of anilines is 1. The lowest BCUT2D eigenvalue weighted by molar-refractivity contribution is -0.116. The van der Waals surface area contributed by atoms with Crippen LogP contribution in [0, 0.1) is 0 Å². The Bertz CT molecular complexity index is 957. The molecule has 0 spiro atoms. The molecule has 1 unspecified atom stereocenters. The number of halogens is 1. The summed E-state index contributed by atoms with van der Waals surface area (Å²) in [5, 5.41) is 12.1. The Kier molecular flexibility index (Phi) is 7.16. The van der Waals surface area contributed by atoms with E-state index in [4.69, 9.17) is 4.42 Å². The lowest BCUT2D eigenvalue weighted by Gasteiger charge is -2.27. The predicted octanol–water partition coefficient (Wildman–Crippen LogP) is 4.83. The van der Waals surface area contributed by atoms with Crippen molar-refractivity contribution in [2.45, 2.75) is 32.7 Å². The molecule has 0 fully saturated rings. The molecule has 0 radical (unpaired) electrons. The number of hydrogen-bond acceptors (Lipinski definition) is 6. The highest BCUT2D eigenvalue weighted by Gasteiger charge is 2.23. The normalized spacial score (nSPS) is 11.8. The minimum Gasteiger partial charge on any atom is -0.459 e. The van der Waals surface area contributed by atoms with Gasteiger partial charge in [-0.3, -0.25) is 9.59 Å². The van der Waals surface area contributed by atoms with E-state index >= 15 is 0 Å². The summed E-state index contributed by atoms with van der Waals surface area (Å²) in [6.07, 6.45) is 2.40. The third-order valence-electron chi connectivity index (χ3n) is 4.46. The van der Waals surface area contributed by atoms with Crippen molar-refractivity contribution >= 4 is 44.2 Å². The van der Waals surface area contributed by atoms with E-state index in [0.717, 1.165) is 21.5 Å². The molecule has 0 bridgehead atoms. The molecule has 1 aromatic carbocycles. The second-order valence-corrected chi connectivity index (χ2v) is 8.34. The van der Waals surface area contributed by atoms with E-state index in [1.165, 1.54) is 17.6 Å². The number of benzene rings is 1. The average molecular weight is 477 g/mol. The summed E-state index contributed by atoms with van der Waals surface area (Å²) < 4.78 is 6.20. The standard InChI is InChI=1S/C20H21BrN4O3S/c1-3-13(2)25(19(27)16-5-4-12-28-16)11-10-17(26)22-20-24-23-18(29-20)14-6-8-15(21)9-7-14/h4-9,12-13H,3,10-11H2,1-2H3,(H,22,24,26). The molecule has 2 heterocycles. The lowest BCUT2D eigenvalue weighted by atomic mass is 10.2. The van der Waals surface area contributed by atoms with Crippen LogP contribution in [-0.4, -0.2) is 39.5 Å². The molecule has 152 valence electrons. The van der Waals surface area contributed by atoms with E-state index in [9.17, 15) is 9.59 Å². The molecule has 1 N–H and O–H groups in total. The van der Waals surface area contributed by atoms with E-state index in [2.05, 4.69) is 31.4 Å². The number of nitrogens with zero attached hydrogens (tertiary/aromatic N) is 3. The van der Waals surface area contributed by atoms with Crippen molar-refractivity contribution in [3.63, 3.8) is 0 Å². The number of carbonyl (C=O) groups is 2. The molecule has 0 aliphatic rings. The topological polar surface area (TPSA) is 88.3 Å². The Labute approximate surface area is 181 Å². The molecule has 2 aromatic heterocycles. The van der Waals surface area contributed by atoms with Crippen molar-refractivity contribution in [2.24, 2.45) is 0 Å². The fourth-order valence-electron chi connectivity index (χ4n) is 2.67. The van der Waals surface area contributed by atoms with Gasteiger partial charge in [0, 0.05) is 29.0 Å². The highest BCUT2D eigenvalue weighted by Crippen LogP contribution is 2.27. The zero-order chi connectivity index (χ0) is 20.8. The maximum absolute atomic E-state index is 12.6. The van der Waals surface area contributed by atoms with Crippen LogP contribution in [0.1, 0.15) is 37.2 Å². The number of amides is 2. The Hall–Kier alpha value is -2.52. The maximum Gasteiger partial charge on any atom is 0.289 e. The van der Waals surface area contributed by atoms with Crippen LogP contribution < -0.4 is 5.32 Å². The van der Waals surface area contributed by atoms with Crippen LogP contribution in [0.25, 0.3) is 10.6 Å². The Balaban J connectivity index is 1.59. The zero-order valence-corrected chi connectivity index (χ0v) is 18.5. The molecule has 3 aromatic rings. The monoisotopic (exact) mass is 476 g/mol. The van der Waals surface area contributed by atoms with Crippen molar-refractivity contribution in [3.8, 4) is 10.6 Å². The number of rotatable bonds is 8. The van der Waals surface area contributed by atoms with Crippen LogP contribution in [0.3, 0.4) is 0 Å². The summed E-state index contributed by atoms with van der Waals surface area (Å²) >= 11 is 4.70. The van der Waals surface area contributed by atoms with Gasteiger partial charge in [-0.25, -0.2) is 0 Å². The first-order valence-corrected chi connectivity index (χ1v) is 10.8. The van der Waals surface area contributed by atoms with Crippen molar-refractivity contribution < 1.29 is 14.0 Å². The third kappa shape index (κ3) is 5.51. The fourth-order valence-corrected chi connectivity index (χ4v) is 3.70. The van der Waals surface area contributed by atoms with E-state index in [0.29, 0.717) is 11.7 Å². The van der Waals surface area contributed by atoms with Gasteiger partial charge < -0.3 is 14.6 Å². The maximum atomic E-state index is 12.6. The molecule has 2 amide bonds. The molecule has 0 aliphatic carbocycles. The highest BCUT2D eigenvalue weighted by molar-refractivity contribution is 9.10. The first-order chi connectivity index (χ1) is 14.0. The van der Waals surface area contributed by atoms with Gasteiger partial charge in [-0.1, -0.05) is 46.3 Å². The van der Waals surface area contributed by atoms with Crippen molar-refractivity contribution in [2.75, 3.05) is 11.9 Å². The van der Waals surface area contributed by atoms with Gasteiger partial charge >= 0.3 is 0 Å². The SMILES string of the molecule is CCC(C)N(CCC(=O)Nc1nnc(-c2ccc(Br)cc2)s1)C(=O)c1ccco1. The van der Waals surface area contributed by atoms with Crippen LogP contribution in [0.4, 0.5) is 5.13 Å². The van der Waals surface area contributed by atoms with Gasteiger partial charge in [-0.15, -0.1) is 10.2 Å². The number of carbonyl (C=O) groups excluding carboxylic acids is 2. The number of furan rings is 1. The zero-order valence-electron chi connectivity index (χ0n) is 16.1. The summed E-state index contributed by atoms with van der Waals surface area (Å²) in [4.78, 5) is 26.7. The van der Waals surface area contributed by atoms with Crippen molar-refractivity contribution in [3.05, 3.63) is 52.9 Å². The molecule has 0 saturated heterocycles. The third-order valence-corrected chi connectivity index (χ3v) is 5.87. The molecule has 1 atom stereocenters. The molecule has 29 heavy (non-hydrogen) atoms. The summed E-state index contributed by atoms with van der Waals surface area (Å²) in [6, 6.07) is 11.0. The minimum absolute atomic E-state index is 0.00839. The number of aromatic nitrogens is 2. The summed E-state index contributed by atoms with van der Waals surface area (Å²) in [5.41, 5.74) is 0.929.